The molecule has 1 heterocycles. The Balaban J connectivity index is 2.41. The van der Waals surface area contributed by atoms with Crippen LogP contribution in [0.2, 0.25) is 0 Å². The van der Waals surface area contributed by atoms with Gasteiger partial charge in [-0.1, -0.05) is 20.8 Å². The van der Waals surface area contributed by atoms with Crippen molar-refractivity contribution in [1.29, 1.82) is 0 Å². The van der Waals surface area contributed by atoms with E-state index in [1.807, 2.05) is 0 Å². The van der Waals surface area contributed by atoms with E-state index in [-0.39, 0.29) is 11.7 Å². The average Bonchev–Trinajstić information content (AvgIpc) is 1.99. The van der Waals surface area contributed by atoms with Crippen molar-refractivity contribution in [2.24, 2.45) is 5.41 Å². The fraction of sp³-hybridized carbons (Fsp3) is 1.00. The van der Waals surface area contributed by atoms with Crippen LogP contribution in [0.25, 0.3) is 0 Å². The van der Waals surface area contributed by atoms with Crippen molar-refractivity contribution in [3.05, 3.63) is 0 Å². The van der Waals surface area contributed by atoms with Gasteiger partial charge in [0.25, 0.3) is 0 Å². The summed E-state index contributed by atoms with van der Waals surface area (Å²) in [7, 11) is 0. The summed E-state index contributed by atoms with van der Waals surface area (Å²) in [6, 6.07) is 0. The molecule has 0 bridgehead atoms. The fourth-order valence-corrected chi connectivity index (χ4v) is 1.91. The molecular weight excluding hydrogens is 176 g/mol. The lowest BCUT2D eigenvalue weighted by atomic mass is 9.82. The Morgan fingerprint density at radius 3 is 2.57 bits per heavy atom. The van der Waals surface area contributed by atoms with Crippen LogP contribution in [-0.4, -0.2) is 23.4 Å². The van der Waals surface area contributed by atoms with Crippen molar-refractivity contribution in [2.45, 2.75) is 65.1 Å². The molecule has 84 valence electrons. The van der Waals surface area contributed by atoms with Gasteiger partial charge in [0, 0.05) is 13.0 Å². The van der Waals surface area contributed by atoms with Gasteiger partial charge in [-0.15, -0.1) is 0 Å². The van der Waals surface area contributed by atoms with E-state index in [0.29, 0.717) is 12.0 Å². The highest BCUT2D eigenvalue weighted by molar-refractivity contribution is 4.84. The summed E-state index contributed by atoms with van der Waals surface area (Å²) < 4.78 is 5.77. The standard InChI is InChI=1S/C12H24O2/c1-11(2,3)6-7-12(4)9-10(13)5-8-14-12/h10,13H,5-9H2,1-4H3. The van der Waals surface area contributed by atoms with E-state index in [1.54, 1.807) is 0 Å². The molecular formula is C12H24O2. The largest absolute Gasteiger partial charge is 0.393 e. The maximum atomic E-state index is 9.59. The highest BCUT2D eigenvalue weighted by Crippen LogP contribution is 2.33. The first-order chi connectivity index (χ1) is 6.31. The molecule has 2 unspecified atom stereocenters. The molecule has 1 saturated heterocycles. The summed E-state index contributed by atoms with van der Waals surface area (Å²) in [4.78, 5) is 0. The van der Waals surface area contributed by atoms with Crippen LogP contribution in [-0.2, 0) is 4.74 Å². The molecule has 0 aromatic heterocycles. The summed E-state index contributed by atoms with van der Waals surface area (Å²) in [5.74, 6) is 0. The SMILES string of the molecule is CC(C)(C)CCC1(C)CC(O)CCO1. The molecule has 2 heteroatoms. The van der Waals surface area contributed by atoms with E-state index in [1.165, 1.54) is 0 Å². The monoisotopic (exact) mass is 200 g/mol. The second-order valence-corrected chi connectivity index (χ2v) is 6.01. The number of hydrogen-bond donors (Lipinski definition) is 1. The molecule has 0 aromatic rings. The van der Waals surface area contributed by atoms with Crippen LogP contribution in [0.1, 0.15) is 53.4 Å². The van der Waals surface area contributed by atoms with E-state index < -0.39 is 0 Å². The Bertz CT molecular complexity index is 183. The molecule has 1 rings (SSSR count). The summed E-state index contributed by atoms with van der Waals surface area (Å²) in [6.45, 7) is 9.57. The van der Waals surface area contributed by atoms with Crippen molar-refractivity contribution in [2.75, 3.05) is 6.61 Å². The molecule has 2 atom stereocenters. The first-order valence-corrected chi connectivity index (χ1v) is 5.63. The molecule has 0 saturated carbocycles. The third-order valence-corrected chi connectivity index (χ3v) is 2.97. The van der Waals surface area contributed by atoms with Gasteiger partial charge in [0.15, 0.2) is 0 Å². The second kappa shape index (κ2) is 4.19. The van der Waals surface area contributed by atoms with Crippen molar-refractivity contribution in [3.8, 4) is 0 Å². The van der Waals surface area contributed by atoms with Crippen LogP contribution >= 0.6 is 0 Å². The first kappa shape index (κ1) is 12.0. The summed E-state index contributed by atoms with van der Waals surface area (Å²) >= 11 is 0. The molecule has 0 spiro atoms. The van der Waals surface area contributed by atoms with Crippen LogP contribution < -0.4 is 0 Å². The van der Waals surface area contributed by atoms with Gasteiger partial charge in [-0.25, -0.2) is 0 Å². The molecule has 14 heavy (non-hydrogen) atoms. The van der Waals surface area contributed by atoms with E-state index >= 15 is 0 Å². The summed E-state index contributed by atoms with van der Waals surface area (Å²) in [6.07, 6.45) is 3.63. The number of aliphatic hydroxyl groups is 1. The lowest BCUT2D eigenvalue weighted by Crippen LogP contribution is -2.39. The van der Waals surface area contributed by atoms with Crippen molar-refractivity contribution in [1.82, 2.24) is 0 Å². The average molecular weight is 200 g/mol. The van der Waals surface area contributed by atoms with Gasteiger partial charge < -0.3 is 9.84 Å². The summed E-state index contributed by atoms with van der Waals surface area (Å²) in [5, 5.41) is 9.59. The van der Waals surface area contributed by atoms with Gasteiger partial charge in [0.2, 0.25) is 0 Å². The summed E-state index contributed by atoms with van der Waals surface area (Å²) in [5.41, 5.74) is 0.264. The van der Waals surface area contributed by atoms with Crippen LogP contribution in [0, 0.1) is 5.41 Å². The number of hydrogen-bond acceptors (Lipinski definition) is 2. The highest BCUT2D eigenvalue weighted by Gasteiger charge is 2.33. The third-order valence-electron chi connectivity index (χ3n) is 2.97. The maximum absolute atomic E-state index is 9.59. The Morgan fingerprint density at radius 2 is 2.07 bits per heavy atom. The predicted molar refractivity (Wildman–Crippen MR) is 58.3 cm³/mol. The van der Waals surface area contributed by atoms with Crippen LogP contribution in [0.15, 0.2) is 0 Å². The molecule has 0 aromatic carbocycles. The quantitative estimate of drug-likeness (QED) is 0.742. The molecule has 1 N–H and O–H groups in total. The lowest BCUT2D eigenvalue weighted by Gasteiger charge is -2.38. The van der Waals surface area contributed by atoms with Crippen LogP contribution in [0.5, 0.6) is 0 Å². The Kier molecular flexibility index (Phi) is 3.59. The van der Waals surface area contributed by atoms with Crippen molar-refractivity contribution >= 4 is 0 Å². The van der Waals surface area contributed by atoms with Gasteiger partial charge in [-0.05, 0) is 31.6 Å². The molecule has 2 nitrogen and oxygen atoms in total. The molecule has 1 fully saturated rings. The zero-order valence-electron chi connectivity index (χ0n) is 9.97. The Morgan fingerprint density at radius 1 is 1.43 bits per heavy atom. The van der Waals surface area contributed by atoms with Gasteiger partial charge in [0.1, 0.15) is 0 Å². The predicted octanol–water partition coefficient (Wildman–Crippen LogP) is 2.74. The molecule has 1 aliphatic heterocycles. The maximum Gasteiger partial charge on any atom is 0.0679 e. The van der Waals surface area contributed by atoms with Crippen LogP contribution in [0.4, 0.5) is 0 Å². The smallest absolute Gasteiger partial charge is 0.0679 e. The normalized spacial score (nSPS) is 34.5. The van der Waals surface area contributed by atoms with Gasteiger partial charge in [0.05, 0.1) is 11.7 Å². The molecule has 0 aliphatic carbocycles. The minimum atomic E-state index is -0.159. The second-order valence-electron chi connectivity index (χ2n) is 6.01. The minimum absolute atomic E-state index is 0.0923. The lowest BCUT2D eigenvalue weighted by molar-refractivity contribution is -0.114. The van der Waals surface area contributed by atoms with E-state index in [4.69, 9.17) is 4.74 Å². The van der Waals surface area contributed by atoms with Gasteiger partial charge in [-0.2, -0.15) is 0 Å². The zero-order chi connectivity index (χ0) is 10.8. The highest BCUT2D eigenvalue weighted by atomic mass is 16.5. The number of aliphatic hydroxyl groups excluding tert-OH is 1. The number of ether oxygens (including phenoxy) is 1. The minimum Gasteiger partial charge on any atom is -0.393 e. The van der Waals surface area contributed by atoms with Crippen molar-refractivity contribution < 1.29 is 9.84 Å². The Hall–Kier alpha value is -0.0800. The fourth-order valence-electron chi connectivity index (χ4n) is 1.91. The number of rotatable bonds is 2. The van der Waals surface area contributed by atoms with Gasteiger partial charge >= 0.3 is 0 Å². The molecule has 0 amide bonds. The molecule has 0 radical (unpaired) electrons. The van der Waals surface area contributed by atoms with E-state index in [9.17, 15) is 5.11 Å². The first-order valence-electron chi connectivity index (χ1n) is 5.63. The topological polar surface area (TPSA) is 29.5 Å². The third kappa shape index (κ3) is 3.97. The van der Waals surface area contributed by atoms with E-state index in [0.717, 1.165) is 25.7 Å². The van der Waals surface area contributed by atoms with Crippen molar-refractivity contribution in [3.63, 3.8) is 0 Å². The Labute approximate surface area is 87.7 Å². The van der Waals surface area contributed by atoms with Gasteiger partial charge in [-0.3, -0.25) is 0 Å². The zero-order valence-corrected chi connectivity index (χ0v) is 9.97. The van der Waals surface area contributed by atoms with Crippen LogP contribution in [0.3, 0.4) is 0 Å². The molecule has 1 aliphatic rings. The van der Waals surface area contributed by atoms with E-state index in [2.05, 4.69) is 27.7 Å².